The molecule has 3 aromatic carbocycles. The molecule has 1 fully saturated rings. The highest BCUT2D eigenvalue weighted by molar-refractivity contribution is 7.88. The zero-order valence-electron chi connectivity index (χ0n) is 23.4. The average molecular weight is 626 g/mol. The van der Waals surface area contributed by atoms with Crippen LogP contribution in [0.1, 0.15) is 75.0 Å². The Balaban J connectivity index is 1.53. The topological polar surface area (TPSA) is 142 Å². The fourth-order valence-electron chi connectivity index (χ4n) is 6.12. The normalized spacial score (nSPS) is 22.1. The maximum absolute atomic E-state index is 14.2. The van der Waals surface area contributed by atoms with Gasteiger partial charge in [-0.1, -0.05) is 66.9 Å². The van der Waals surface area contributed by atoms with Crippen molar-refractivity contribution >= 4 is 39.4 Å². The molecule has 1 aliphatic heterocycles. The second-order valence-electron chi connectivity index (χ2n) is 10.9. The molecule has 3 aromatic rings. The zero-order valence-corrected chi connectivity index (χ0v) is 25.0. The third kappa shape index (κ3) is 6.91. The number of carboxylic acid groups (broad SMARTS) is 1. The van der Waals surface area contributed by atoms with Gasteiger partial charge in [-0.2, -0.15) is 0 Å². The Morgan fingerprint density at radius 2 is 1.74 bits per heavy atom. The number of carboxylic acids is 1. The fraction of sp³-hybridized carbons (Fsp3) is 0.323. The highest BCUT2D eigenvalue weighted by Crippen LogP contribution is 2.46. The van der Waals surface area contributed by atoms with Gasteiger partial charge in [0.05, 0.1) is 30.4 Å². The number of sulfonamides is 1. The maximum Gasteiger partial charge on any atom is 0.335 e. The Hall–Kier alpha value is -3.77. The van der Waals surface area contributed by atoms with E-state index in [1.54, 1.807) is 65.6 Å². The van der Waals surface area contributed by atoms with Gasteiger partial charge in [-0.3, -0.25) is 14.4 Å². The van der Waals surface area contributed by atoms with E-state index in [0.717, 1.165) is 19.1 Å². The minimum Gasteiger partial charge on any atom is -0.478 e. The van der Waals surface area contributed by atoms with E-state index in [0.29, 0.717) is 40.1 Å². The summed E-state index contributed by atoms with van der Waals surface area (Å²) in [4.78, 5) is 46.8. The van der Waals surface area contributed by atoms with E-state index in [4.69, 9.17) is 16.4 Å². The van der Waals surface area contributed by atoms with Crippen LogP contribution in [0.5, 0.6) is 0 Å². The van der Waals surface area contributed by atoms with E-state index in [2.05, 4.69) is 10.2 Å². The first-order valence-electron chi connectivity index (χ1n) is 13.9. The van der Waals surface area contributed by atoms with E-state index in [1.165, 1.54) is 12.1 Å². The van der Waals surface area contributed by atoms with Gasteiger partial charge in [-0.25, -0.2) is 23.4 Å². The van der Waals surface area contributed by atoms with Crippen LogP contribution in [0, 0.1) is 0 Å². The number of amides is 2. The minimum atomic E-state index is -3.58. The molecule has 0 aromatic heterocycles. The molecule has 0 unspecified atom stereocenters. The van der Waals surface area contributed by atoms with Crippen LogP contribution >= 0.6 is 11.6 Å². The van der Waals surface area contributed by atoms with Crippen LogP contribution < -0.4 is 10.2 Å². The van der Waals surface area contributed by atoms with Gasteiger partial charge in [0, 0.05) is 22.7 Å². The summed E-state index contributed by atoms with van der Waals surface area (Å²) >= 11 is 6.20. The molecule has 3 N–H and O–H groups in total. The molecule has 0 saturated heterocycles. The number of nitrogens with zero attached hydrogens (tertiary/aromatic N) is 1. The van der Waals surface area contributed by atoms with Gasteiger partial charge in [0.2, 0.25) is 10.0 Å². The van der Waals surface area contributed by atoms with E-state index in [-0.39, 0.29) is 18.1 Å². The summed E-state index contributed by atoms with van der Waals surface area (Å²) in [6.07, 6.45) is 3.79. The van der Waals surface area contributed by atoms with Crippen molar-refractivity contribution in [1.82, 2.24) is 15.1 Å². The van der Waals surface area contributed by atoms with Crippen LogP contribution in [-0.2, 0) is 26.3 Å². The van der Waals surface area contributed by atoms with Crippen molar-refractivity contribution in [3.05, 3.63) is 106 Å². The molecular weight excluding hydrogens is 594 g/mol. The molecule has 226 valence electrons. The van der Waals surface area contributed by atoms with Crippen LogP contribution in [0.4, 0.5) is 0 Å². The van der Waals surface area contributed by atoms with Gasteiger partial charge >= 0.3 is 5.97 Å². The predicted molar refractivity (Wildman–Crippen MR) is 160 cm³/mol. The third-order valence-corrected chi connectivity index (χ3v) is 8.89. The summed E-state index contributed by atoms with van der Waals surface area (Å²) in [5.74, 6) is -2.80. The number of fused-ring (bicyclic) bond motifs is 1. The Morgan fingerprint density at radius 1 is 1.02 bits per heavy atom. The first-order chi connectivity index (χ1) is 20.5. The number of carbonyl (C=O) groups is 3. The maximum atomic E-state index is 14.2. The number of aromatic carboxylic acids is 1. The molecule has 43 heavy (non-hydrogen) atoms. The number of hydrogen-bond acceptors (Lipinski definition) is 6. The predicted octanol–water partition coefficient (Wildman–Crippen LogP) is 4.43. The summed E-state index contributed by atoms with van der Waals surface area (Å²) in [6, 6.07) is 18.1. The molecule has 2 aliphatic rings. The summed E-state index contributed by atoms with van der Waals surface area (Å²) in [5, 5.41) is 9.77. The first-order valence-corrected chi connectivity index (χ1v) is 16.2. The quantitative estimate of drug-likeness (QED) is 0.299. The van der Waals surface area contributed by atoms with E-state index in [1.807, 2.05) is 0 Å². The molecule has 12 heteroatoms. The Morgan fingerprint density at radius 3 is 2.47 bits per heavy atom. The molecule has 0 radical (unpaired) electrons. The van der Waals surface area contributed by atoms with Gasteiger partial charge in [-0.05, 0) is 59.9 Å². The summed E-state index contributed by atoms with van der Waals surface area (Å²) in [6.45, 7) is -0.0849. The number of nitrogens with one attached hydrogen (secondary N) is 2. The van der Waals surface area contributed by atoms with Crippen LogP contribution in [0.25, 0.3) is 0 Å². The molecule has 0 bridgehead atoms. The number of benzene rings is 3. The second kappa shape index (κ2) is 12.8. The molecule has 5 rings (SSSR count). The van der Waals surface area contributed by atoms with Crippen molar-refractivity contribution in [3.63, 3.8) is 0 Å². The molecule has 2 amide bonds. The largest absolute Gasteiger partial charge is 0.478 e. The van der Waals surface area contributed by atoms with E-state index in [9.17, 15) is 27.9 Å². The lowest BCUT2D eigenvalue weighted by Crippen LogP contribution is -2.59. The lowest BCUT2D eigenvalue weighted by atomic mass is 9.76. The summed E-state index contributed by atoms with van der Waals surface area (Å²) < 4.78 is 27.4. The monoisotopic (exact) mass is 625 g/mol. The van der Waals surface area contributed by atoms with Crippen LogP contribution in [0.2, 0.25) is 5.02 Å². The SMILES string of the molecule is CS(=O)(=O)N[C@H]1CCCC[C@@H]1N1C(=O)c2ccccc2[C@@H](C(=O)NOCc2cccc(C(=O)O)c2)[C@@H]1c1ccc(Cl)cc1. The molecule has 1 heterocycles. The second-order valence-corrected chi connectivity index (χ2v) is 13.1. The third-order valence-electron chi connectivity index (χ3n) is 7.91. The van der Waals surface area contributed by atoms with Crippen LogP contribution in [0.3, 0.4) is 0 Å². The Bertz CT molecular complexity index is 1630. The molecule has 1 saturated carbocycles. The van der Waals surface area contributed by atoms with Gasteiger partial charge < -0.3 is 10.0 Å². The van der Waals surface area contributed by atoms with Crippen molar-refractivity contribution in [2.24, 2.45) is 0 Å². The molecular formula is C31H32ClN3O7S. The number of hydroxylamine groups is 1. The van der Waals surface area contributed by atoms with E-state index >= 15 is 0 Å². The van der Waals surface area contributed by atoms with E-state index < -0.39 is 45.9 Å². The lowest BCUT2D eigenvalue weighted by molar-refractivity contribution is -0.138. The van der Waals surface area contributed by atoms with Crippen molar-refractivity contribution in [3.8, 4) is 0 Å². The van der Waals surface area contributed by atoms with Crippen molar-refractivity contribution < 1.29 is 32.7 Å². The van der Waals surface area contributed by atoms with Gasteiger partial charge in [0.1, 0.15) is 0 Å². The summed E-state index contributed by atoms with van der Waals surface area (Å²) in [5.41, 5.74) is 4.69. The highest BCUT2D eigenvalue weighted by atomic mass is 35.5. The minimum absolute atomic E-state index is 0.0849. The molecule has 10 nitrogen and oxygen atoms in total. The number of halogens is 1. The Labute approximate surface area is 255 Å². The standard InChI is InChI=1S/C31H32ClN3O7S/c1-43(40,41)34-25-11-4-5-12-26(25)35-28(20-13-15-22(32)16-14-20)27(23-9-2-3-10-24(23)30(35)37)29(36)33-42-18-19-7-6-8-21(17-19)31(38)39/h2-3,6-10,13-17,25-28,34H,4-5,11-12,18H2,1H3,(H,33,36)(H,38,39)/t25-,26-,27+,28-/m0/s1. The van der Waals surface area contributed by atoms with Crippen molar-refractivity contribution in [2.75, 3.05) is 6.26 Å². The van der Waals surface area contributed by atoms with Crippen molar-refractivity contribution in [1.29, 1.82) is 0 Å². The number of hydrogen-bond donors (Lipinski definition) is 3. The smallest absolute Gasteiger partial charge is 0.335 e. The van der Waals surface area contributed by atoms with Crippen molar-refractivity contribution in [2.45, 2.75) is 56.3 Å². The molecule has 4 atom stereocenters. The van der Waals surface area contributed by atoms with Crippen LogP contribution in [0.15, 0.2) is 72.8 Å². The Kier molecular flexibility index (Phi) is 9.16. The van der Waals surface area contributed by atoms with Gasteiger partial charge in [-0.15, -0.1) is 0 Å². The number of carbonyl (C=O) groups excluding carboxylic acids is 2. The van der Waals surface area contributed by atoms with Gasteiger partial charge in [0.15, 0.2) is 0 Å². The van der Waals surface area contributed by atoms with Crippen LogP contribution in [-0.4, -0.2) is 54.5 Å². The lowest BCUT2D eigenvalue weighted by Gasteiger charge is -2.49. The highest BCUT2D eigenvalue weighted by Gasteiger charge is 2.49. The van der Waals surface area contributed by atoms with Gasteiger partial charge in [0.25, 0.3) is 11.8 Å². The summed E-state index contributed by atoms with van der Waals surface area (Å²) in [7, 11) is -3.58. The number of rotatable bonds is 9. The zero-order chi connectivity index (χ0) is 30.7. The molecule has 1 aliphatic carbocycles. The molecule has 0 spiro atoms. The first kappa shape index (κ1) is 30.7. The fourth-order valence-corrected chi connectivity index (χ4v) is 7.07. The average Bonchev–Trinajstić information content (AvgIpc) is 2.97.